The van der Waals surface area contributed by atoms with Crippen LogP contribution in [0, 0.1) is 0 Å². The quantitative estimate of drug-likeness (QED) is 0.575. The molecule has 0 aromatic heterocycles. The molecular weight excluding hydrogens is 463 g/mol. The summed E-state index contributed by atoms with van der Waals surface area (Å²) in [7, 11) is 0. The molecule has 176 valence electrons. The lowest BCUT2D eigenvalue weighted by atomic mass is 10.1. The zero-order chi connectivity index (χ0) is 23.3. The van der Waals surface area contributed by atoms with E-state index in [1.807, 2.05) is 30.3 Å². The molecule has 2 amide bonds. The van der Waals surface area contributed by atoms with E-state index < -0.39 is 6.36 Å². The summed E-state index contributed by atoms with van der Waals surface area (Å²) in [6.45, 7) is 0.995. The molecule has 2 aromatic carbocycles. The lowest BCUT2D eigenvalue weighted by Gasteiger charge is -2.32. The third kappa shape index (κ3) is 6.94. The number of nitrogens with zero attached hydrogens (tertiary/aromatic N) is 1. The number of urea groups is 1. The summed E-state index contributed by atoms with van der Waals surface area (Å²) >= 11 is 1.09. The summed E-state index contributed by atoms with van der Waals surface area (Å²) in [5.74, 6) is 0.385. The molecule has 0 aliphatic carbocycles. The van der Waals surface area contributed by atoms with Gasteiger partial charge in [0.15, 0.2) is 0 Å². The van der Waals surface area contributed by atoms with Gasteiger partial charge in [-0.1, -0.05) is 12.1 Å². The molecule has 0 bridgehead atoms. The van der Waals surface area contributed by atoms with Crippen molar-refractivity contribution >= 4 is 29.8 Å². The van der Waals surface area contributed by atoms with Gasteiger partial charge in [-0.05, 0) is 53.7 Å². The third-order valence-electron chi connectivity index (χ3n) is 4.84. The van der Waals surface area contributed by atoms with Crippen LogP contribution in [-0.2, 0) is 9.12 Å². The Bertz CT molecular complexity index is 970. The van der Waals surface area contributed by atoms with Crippen molar-refractivity contribution in [1.29, 1.82) is 0 Å². The molecule has 0 atom stereocenters. The normalized spacial score (nSPS) is 18.2. The minimum Gasteiger partial charge on any atom is -0.490 e. The SMILES string of the molecule is O=C(Nc1ccc(OC(F)(F)F)cc1)N1CCC(Oc2ccc(C=C3ONOS3)cc2)CC1. The van der Waals surface area contributed by atoms with Crippen molar-refractivity contribution in [2.75, 3.05) is 18.4 Å². The Morgan fingerprint density at radius 1 is 1.09 bits per heavy atom. The van der Waals surface area contributed by atoms with E-state index in [0.717, 1.165) is 35.5 Å². The number of anilines is 1. The van der Waals surface area contributed by atoms with Crippen LogP contribution in [0.1, 0.15) is 18.4 Å². The number of ether oxygens (including phenoxy) is 2. The number of benzene rings is 2. The highest BCUT2D eigenvalue weighted by atomic mass is 32.2. The van der Waals surface area contributed by atoms with E-state index in [1.54, 1.807) is 4.90 Å². The molecule has 0 unspecified atom stereocenters. The van der Waals surface area contributed by atoms with Crippen LogP contribution < -0.4 is 20.4 Å². The predicted molar refractivity (Wildman–Crippen MR) is 115 cm³/mol. The molecule has 2 saturated heterocycles. The summed E-state index contributed by atoms with van der Waals surface area (Å²) in [6.07, 6.45) is -1.64. The maximum atomic E-state index is 12.5. The smallest absolute Gasteiger partial charge is 0.490 e. The second-order valence-electron chi connectivity index (χ2n) is 7.19. The van der Waals surface area contributed by atoms with Crippen molar-refractivity contribution in [3.8, 4) is 11.5 Å². The molecule has 2 aliphatic heterocycles. The topological polar surface area (TPSA) is 81.3 Å². The van der Waals surface area contributed by atoms with Crippen molar-refractivity contribution in [2.45, 2.75) is 25.3 Å². The summed E-state index contributed by atoms with van der Waals surface area (Å²) < 4.78 is 51.4. The van der Waals surface area contributed by atoms with Gasteiger partial charge in [0.25, 0.3) is 0 Å². The highest BCUT2D eigenvalue weighted by Crippen LogP contribution is 2.27. The first-order chi connectivity index (χ1) is 15.8. The number of rotatable bonds is 5. The first-order valence-corrected chi connectivity index (χ1v) is 10.7. The highest BCUT2D eigenvalue weighted by molar-refractivity contribution is 7.98. The van der Waals surface area contributed by atoms with Crippen molar-refractivity contribution in [1.82, 2.24) is 10.5 Å². The third-order valence-corrected chi connectivity index (χ3v) is 5.35. The fraction of sp³-hybridized carbons (Fsp3) is 0.286. The molecule has 0 radical (unpaired) electrons. The summed E-state index contributed by atoms with van der Waals surface area (Å²) in [5, 5.41) is 3.28. The minimum atomic E-state index is -4.76. The lowest BCUT2D eigenvalue weighted by Crippen LogP contribution is -2.43. The predicted octanol–water partition coefficient (Wildman–Crippen LogP) is 5.07. The van der Waals surface area contributed by atoms with Crippen LogP contribution in [-0.4, -0.2) is 36.5 Å². The van der Waals surface area contributed by atoms with Crippen molar-refractivity contribution in [2.24, 2.45) is 0 Å². The highest BCUT2D eigenvalue weighted by Gasteiger charge is 2.31. The number of alkyl halides is 3. The Labute approximate surface area is 191 Å². The average molecular weight is 483 g/mol. The Kier molecular flexibility index (Phi) is 7.16. The molecule has 2 aliphatic rings. The monoisotopic (exact) mass is 483 g/mol. The van der Waals surface area contributed by atoms with Gasteiger partial charge in [0.1, 0.15) is 17.6 Å². The number of amides is 2. The molecule has 2 heterocycles. The standard InChI is InChI=1S/C21H20F3N3O5S/c22-21(23,24)30-18-7-3-15(4-8-18)25-20(28)27-11-9-17(10-12-27)29-16-5-1-14(2-6-16)13-19-31-26-32-33-19/h1-8,13,17,26H,9-12H2,(H,25,28). The summed E-state index contributed by atoms with van der Waals surface area (Å²) in [5.41, 5.74) is 3.60. The molecule has 4 rings (SSSR count). The molecule has 12 heteroatoms. The minimum absolute atomic E-state index is 0.0247. The van der Waals surface area contributed by atoms with Gasteiger partial charge in [0.05, 0.1) is 12.0 Å². The lowest BCUT2D eigenvalue weighted by molar-refractivity contribution is -0.274. The van der Waals surface area contributed by atoms with Crippen molar-refractivity contribution in [3.63, 3.8) is 0 Å². The number of carbonyl (C=O) groups excluding carboxylic acids is 1. The number of nitrogens with one attached hydrogen (secondary N) is 2. The van der Waals surface area contributed by atoms with E-state index in [-0.39, 0.29) is 17.9 Å². The first-order valence-electron chi connectivity index (χ1n) is 9.99. The number of piperidine rings is 1. The van der Waals surface area contributed by atoms with Gasteiger partial charge in [-0.3, -0.25) is 0 Å². The van der Waals surface area contributed by atoms with E-state index in [2.05, 4.69) is 15.7 Å². The Hall–Kier alpha value is -3.09. The summed E-state index contributed by atoms with van der Waals surface area (Å²) in [6, 6.07) is 12.2. The van der Waals surface area contributed by atoms with Crippen LogP contribution in [0.25, 0.3) is 6.08 Å². The number of halogens is 3. The fourth-order valence-corrected chi connectivity index (χ4v) is 3.68. The Morgan fingerprint density at radius 3 is 2.36 bits per heavy atom. The fourth-order valence-electron chi connectivity index (χ4n) is 3.28. The van der Waals surface area contributed by atoms with E-state index in [4.69, 9.17) is 13.9 Å². The number of hydrogen-bond donors (Lipinski definition) is 2. The van der Waals surface area contributed by atoms with Crippen molar-refractivity contribution in [3.05, 3.63) is 59.2 Å². The molecular formula is C21H20F3N3O5S. The molecule has 0 spiro atoms. The van der Waals surface area contributed by atoms with Gasteiger partial charge in [0, 0.05) is 31.6 Å². The zero-order valence-electron chi connectivity index (χ0n) is 17.1. The van der Waals surface area contributed by atoms with Gasteiger partial charge in [-0.2, -0.15) is 4.28 Å². The Balaban J connectivity index is 1.22. The molecule has 8 nitrogen and oxygen atoms in total. The van der Waals surface area contributed by atoms with Crippen LogP contribution in [0.15, 0.2) is 53.6 Å². The largest absolute Gasteiger partial charge is 0.573 e. The van der Waals surface area contributed by atoms with Crippen molar-refractivity contribution < 1.29 is 36.6 Å². The second-order valence-corrected chi connectivity index (χ2v) is 7.93. The maximum Gasteiger partial charge on any atom is 0.573 e. The van der Waals surface area contributed by atoms with Crippen LogP contribution in [0.3, 0.4) is 0 Å². The van der Waals surface area contributed by atoms with Crippen LogP contribution in [0.2, 0.25) is 0 Å². The number of hydrogen-bond acceptors (Lipinski definition) is 7. The molecule has 2 fully saturated rings. The van der Waals surface area contributed by atoms with Crippen LogP contribution in [0.5, 0.6) is 11.5 Å². The number of likely N-dealkylation sites (tertiary alicyclic amines) is 1. The van der Waals surface area contributed by atoms with Gasteiger partial charge in [-0.15, -0.1) is 13.2 Å². The van der Waals surface area contributed by atoms with Gasteiger partial charge < -0.3 is 24.5 Å². The van der Waals surface area contributed by atoms with Gasteiger partial charge in [-0.25, -0.2) is 4.79 Å². The van der Waals surface area contributed by atoms with Gasteiger partial charge >= 0.3 is 12.4 Å². The second kappa shape index (κ2) is 10.2. The molecule has 2 aromatic rings. The number of carbonyl (C=O) groups is 1. The maximum absolute atomic E-state index is 12.5. The zero-order valence-corrected chi connectivity index (χ0v) is 17.9. The summed E-state index contributed by atoms with van der Waals surface area (Å²) in [4.78, 5) is 19.1. The van der Waals surface area contributed by atoms with E-state index in [9.17, 15) is 18.0 Å². The molecule has 33 heavy (non-hydrogen) atoms. The van der Waals surface area contributed by atoms with Crippen LogP contribution in [0.4, 0.5) is 23.7 Å². The average Bonchev–Trinajstić information content (AvgIpc) is 3.29. The van der Waals surface area contributed by atoms with E-state index in [1.165, 1.54) is 12.1 Å². The first kappa shape index (κ1) is 23.1. The Morgan fingerprint density at radius 2 is 1.76 bits per heavy atom. The van der Waals surface area contributed by atoms with Gasteiger partial charge in [0.2, 0.25) is 5.09 Å². The molecule has 2 N–H and O–H groups in total. The van der Waals surface area contributed by atoms with E-state index in [0.29, 0.717) is 36.7 Å². The van der Waals surface area contributed by atoms with Crippen LogP contribution >= 0.6 is 12.0 Å². The molecule has 0 saturated carbocycles. The van der Waals surface area contributed by atoms with E-state index >= 15 is 0 Å².